The molecule has 0 amide bonds. The molecule has 0 atom stereocenters. The Balaban J connectivity index is 0.000000187. The maximum absolute atomic E-state index is 13.3. The van der Waals surface area contributed by atoms with E-state index in [1.807, 2.05) is 24.3 Å². The molecule has 2 saturated heterocycles. The number of nitrogens with one attached hydrogen (secondary N) is 1. The Hall–Kier alpha value is -6.09. The molecule has 4 heterocycles. The molecule has 2 aromatic heterocycles. The molecule has 1 N–H and O–H groups in total. The lowest BCUT2D eigenvalue weighted by Crippen LogP contribution is -2.47. The number of halogens is 6. The van der Waals surface area contributed by atoms with Crippen LogP contribution in [-0.2, 0) is 30.0 Å². The van der Waals surface area contributed by atoms with Crippen LogP contribution in [0.3, 0.4) is 0 Å². The van der Waals surface area contributed by atoms with E-state index in [0.29, 0.717) is 29.9 Å². The number of pyridine rings is 2. The maximum Gasteiger partial charge on any atom is 0.423 e. The van der Waals surface area contributed by atoms with E-state index >= 15 is 0 Å². The van der Waals surface area contributed by atoms with Gasteiger partial charge in [-0.1, -0.05) is 37.8 Å². The molecule has 6 fully saturated rings. The smallest absolute Gasteiger partial charge is 0.423 e. The van der Waals surface area contributed by atoms with Crippen molar-refractivity contribution in [1.82, 2.24) is 20.2 Å². The van der Waals surface area contributed by atoms with Gasteiger partial charge in [0.25, 0.3) is 11.4 Å². The summed E-state index contributed by atoms with van der Waals surface area (Å²) in [5, 5.41) is 25.3. The molecule has 0 bridgehead atoms. The van der Waals surface area contributed by atoms with E-state index in [9.17, 15) is 51.4 Å². The topological polar surface area (TPSA) is 169 Å². The van der Waals surface area contributed by atoms with Crippen molar-refractivity contribution >= 4 is 29.3 Å². The lowest BCUT2D eigenvalue weighted by Gasteiger charge is -2.36. The fourth-order valence-electron chi connectivity index (χ4n) is 12.1. The monoisotopic (exact) mass is 1110 g/mol. The van der Waals surface area contributed by atoms with E-state index in [1.54, 1.807) is 12.4 Å². The van der Waals surface area contributed by atoms with Crippen LogP contribution in [0.1, 0.15) is 125 Å². The first-order valence-electron chi connectivity index (χ1n) is 28.3. The molecule has 4 saturated carbocycles. The van der Waals surface area contributed by atoms with Gasteiger partial charge in [0.15, 0.2) is 0 Å². The first kappa shape index (κ1) is 59.0. The fourth-order valence-corrected chi connectivity index (χ4v) is 12.1. The molecule has 2 aliphatic heterocycles. The van der Waals surface area contributed by atoms with Crippen molar-refractivity contribution in [3.8, 4) is 11.5 Å². The van der Waals surface area contributed by atoms with Gasteiger partial charge in [-0.2, -0.15) is 26.3 Å². The second kappa shape index (κ2) is 27.9. The van der Waals surface area contributed by atoms with Crippen LogP contribution in [0.25, 0.3) is 0 Å². The number of benzene rings is 2. The van der Waals surface area contributed by atoms with Crippen molar-refractivity contribution in [2.45, 2.75) is 140 Å². The number of nitro groups is 2. The minimum Gasteiger partial charge on any atom is -0.490 e. The Labute approximate surface area is 458 Å². The van der Waals surface area contributed by atoms with Crippen molar-refractivity contribution in [2.24, 2.45) is 23.7 Å². The van der Waals surface area contributed by atoms with Crippen LogP contribution in [0.2, 0.25) is 0 Å². The Bertz CT molecular complexity index is 2600. The molecule has 430 valence electrons. The molecular weight excluding hydrogens is 1030 g/mol. The van der Waals surface area contributed by atoms with Crippen LogP contribution in [0.4, 0.5) is 49.4 Å². The molecule has 6 aliphatic rings. The first-order chi connectivity index (χ1) is 38.0. The third-order valence-corrected chi connectivity index (χ3v) is 16.5. The lowest BCUT2D eigenvalue weighted by atomic mass is 9.83. The molecule has 0 radical (unpaired) electrons. The largest absolute Gasteiger partial charge is 0.490 e. The molecule has 15 nitrogen and oxygen atoms in total. The van der Waals surface area contributed by atoms with Gasteiger partial charge in [-0.15, -0.1) is 0 Å². The maximum atomic E-state index is 13.3. The molecule has 2 aromatic carbocycles. The van der Waals surface area contributed by atoms with Crippen LogP contribution in [0.5, 0.6) is 11.5 Å². The van der Waals surface area contributed by atoms with Gasteiger partial charge in [-0.3, -0.25) is 25.1 Å². The highest BCUT2D eigenvalue weighted by atomic mass is 19.4. The number of hydrogen-bond acceptors (Lipinski definition) is 13. The number of nitrogens with zero attached hydrogens (tertiary/aromatic N) is 7. The van der Waals surface area contributed by atoms with Crippen molar-refractivity contribution in [3.05, 3.63) is 116 Å². The molecule has 0 spiro atoms. The van der Waals surface area contributed by atoms with E-state index < -0.39 is 44.7 Å². The summed E-state index contributed by atoms with van der Waals surface area (Å²) >= 11 is 0. The van der Waals surface area contributed by atoms with E-state index in [0.717, 1.165) is 176 Å². The zero-order chi connectivity index (χ0) is 55.9. The molecule has 4 aromatic rings. The SMILES string of the molecule is O=CC1CCCC1.O=[N+]([O-])c1ccc(CC2CCC(Oc3ccnc(N4CCN(CC5CCCC5)CC4)c3)CC2)cc1C(F)(F)F.O=[N+]([O-])c1ccc(CC2CCC(Oc3ccnc(N4CCNCC4)c3)CC2)cc1C(F)(F)F. The van der Waals surface area contributed by atoms with Crippen molar-refractivity contribution < 1.29 is 50.5 Å². The van der Waals surface area contributed by atoms with Gasteiger partial charge in [-0.25, -0.2) is 9.97 Å². The fraction of sp³-hybridized carbons (Fsp3) is 0.603. The highest BCUT2D eigenvalue weighted by Gasteiger charge is 2.40. The number of carbonyl (C=O) groups excluding carboxylic acids is 1. The minimum atomic E-state index is -4.75. The summed E-state index contributed by atoms with van der Waals surface area (Å²) in [6, 6.07) is 14.4. The number of hydrogen-bond donors (Lipinski definition) is 1. The number of anilines is 2. The average molecular weight is 1110 g/mol. The number of ether oxygens (including phenoxy) is 2. The van der Waals surface area contributed by atoms with Crippen LogP contribution in [-0.4, -0.2) is 102 Å². The summed E-state index contributed by atoms with van der Waals surface area (Å²) in [6.07, 6.45) is 13.1. The number of aldehydes is 1. The third-order valence-electron chi connectivity index (χ3n) is 16.5. The zero-order valence-electron chi connectivity index (χ0n) is 44.8. The quantitative estimate of drug-likeness (QED) is 0.0517. The van der Waals surface area contributed by atoms with Crippen molar-refractivity contribution in [3.63, 3.8) is 0 Å². The number of aromatic nitrogens is 2. The standard InChI is InChI=1S/C29H37F3N4O3.C23H27F3N4O3.C6H10O/c30-29(31,32)26-18-23(7-10-27(26)36(37)38)17-21-5-8-24(9-6-21)39-25-11-12-33-28(19-25)35-15-13-34(14-16-35)20-22-3-1-2-4-22;24-23(25,26)20-14-17(3-6-21(20)30(31)32)13-16-1-4-18(5-2-16)33-19-7-8-28-22(15-19)29-11-9-27-10-12-29;7-5-6-3-1-2-4-6/h7,10-12,18-19,21-22,24H,1-6,8-9,13-17,20H2;3,6-8,14-16,18,27H,1-2,4-5,9-13H2;5-6H,1-4H2. The van der Waals surface area contributed by atoms with Crippen LogP contribution in [0.15, 0.2) is 73.1 Å². The van der Waals surface area contributed by atoms with E-state index in [2.05, 4.69) is 30.0 Å². The molecule has 0 unspecified atom stereocenters. The Kier molecular flexibility index (Phi) is 20.8. The van der Waals surface area contributed by atoms with E-state index in [1.165, 1.54) is 57.2 Å². The van der Waals surface area contributed by atoms with Gasteiger partial charge in [-0.05, 0) is 143 Å². The normalized spacial score (nSPS) is 22.5. The third kappa shape index (κ3) is 17.5. The summed E-state index contributed by atoms with van der Waals surface area (Å²) in [6.45, 7) is 8.94. The van der Waals surface area contributed by atoms with Crippen LogP contribution < -0.4 is 24.6 Å². The second-order valence-corrected chi connectivity index (χ2v) is 22.2. The van der Waals surface area contributed by atoms with Crippen molar-refractivity contribution in [1.29, 1.82) is 0 Å². The van der Waals surface area contributed by atoms with E-state index in [4.69, 9.17) is 9.47 Å². The molecule has 79 heavy (non-hydrogen) atoms. The van der Waals surface area contributed by atoms with Crippen LogP contribution >= 0.6 is 0 Å². The van der Waals surface area contributed by atoms with Gasteiger partial charge in [0.1, 0.15) is 40.5 Å². The number of nitro benzene ring substituents is 2. The Morgan fingerprint density at radius 1 is 0.557 bits per heavy atom. The Morgan fingerprint density at radius 3 is 1.39 bits per heavy atom. The minimum absolute atomic E-state index is 0.0575. The van der Waals surface area contributed by atoms with Crippen molar-refractivity contribution in [2.75, 3.05) is 68.7 Å². The molecular formula is C58H74F6N8O7. The molecule has 21 heteroatoms. The Morgan fingerprint density at radius 2 is 0.987 bits per heavy atom. The average Bonchev–Trinajstić information content (AvgIpc) is 4.20. The van der Waals surface area contributed by atoms with Gasteiger partial charge >= 0.3 is 12.4 Å². The summed E-state index contributed by atoms with van der Waals surface area (Å²) < 4.78 is 92.2. The summed E-state index contributed by atoms with van der Waals surface area (Å²) in [7, 11) is 0. The zero-order valence-corrected chi connectivity index (χ0v) is 44.8. The first-order valence-corrected chi connectivity index (χ1v) is 28.3. The van der Waals surface area contributed by atoms with Crippen LogP contribution in [0, 0.1) is 43.9 Å². The number of rotatable bonds is 15. The summed E-state index contributed by atoms with van der Waals surface area (Å²) in [5.74, 6) is 5.17. The summed E-state index contributed by atoms with van der Waals surface area (Å²) in [5.41, 5.74) is -3.19. The highest BCUT2D eigenvalue weighted by molar-refractivity contribution is 5.53. The number of carbonyl (C=O) groups is 1. The second-order valence-electron chi connectivity index (χ2n) is 22.2. The number of piperazine rings is 2. The predicted octanol–water partition coefficient (Wildman–Crippen LogP) is 12.5. The lowest BCUT2D eigenvalue weighted by molar-refractivity contribution is -0.388. The van der Waals surface area contributed by atoms with Gasteiger partial charge in [0.2, 0.25) is 0 Å². The van der Waals surface area contributed by atoms with Gasteiger partial charge in [0.05, 0.1) is 22.1 Å². The number of alkyl halides is 6. The molecule has 10 rings (SSSR count). The highest BCUT2D eigenvalue weighted by Crippen LogP contribution is 2.40. The van der Waals surface area contributed by atoms with Gasteiger partial charge in [0, 0.05) is 101 Å². The van der Waals surface area contributed by atoms with Gasteiger partial charge < -0.3 is 29.4 Å². The predicted molar refractivity (Wildman–Crippen MR) is 289 cm³/mol. The summed E-state index contributed by atoms with van der Waals surface area (Å²) in [4.78, 5) is 46.2. The van der Waals surface area contributed by atoms with E-state index in [-0.39, 0.29) is 24.0 Å². The molecule has 4 aliphatic carbocycles.